The maximum atomic E-state index is 13.5. The molecular weight excluding hydrogens is 278 g/mol. The van der Waals surface area contributed by atoms with Gasteiger partial charge in [0, 0.05) is 6.20 Å². The molecule has 1 aromatic heterocycles. The largest absolute Gasteiger partial charge is 0.436 e. The molecule has 1 heterocycles. The Morgan fingerprint density at radius 3 is 2.68 bits per heavy atom. The average molecular weight is 285 g/mol. The fourth-order valence-electron chi connectivity index (χ4n) is 1.41. The van der Waals surface area contributed by atoms with E-state index >= 15 is 0 Å². The molecule has 7 heteroatoms. The summed E-state index contributed by atoms with van der Waals surface area (Å²) >= 11 is 5.53. The van der Waals surface area contributed by atoms with Gasteiger partial charge in [0.1, 0.15) is 17.1 Å². The molecule has 0 aliphatic heterocycles. The van der Waals surface area contributed by atoms with E-state index in [9.17, 15) is 13.6 Å². The second kappa shape index (κ2) is 5.19. The van der Waals surface area contributed by atoms with Crippen molar-refractivity contribution in [2.45, 2.75) is 0 Å². The molecule has 0 saturated heterocycles. The third-order valence-electron chi connectivity index (χ3n) is 2.20. The van der Waals surface area contributed by atoms with Gasteiger partial charge in [-0.25, -0.2) is 13.8 Å². The smallest absolute Gasteiger partial charge is 0.255 e. The van der Waals surface area contributed by atoms with Gasteiger partial charge in [-0.1, -0.05) is 17.7 Å². The van der Waals surface area contributed by atoms with Gasteiger partial charge in [0.25, 0.3) is 11.8 Å². The highest BCUT2D eigenvalue weighted by atomic mass is 35.5. The summed E-state index contributed by atoms with van der Waals surface area (Å²) in [6.45, 7) is 0. The number of rotatable bonds is 3. The number of hydrogen-bond acceptors (Lipinski definition) is 3. The van der Waals surface area contributed by atoms with Crippen LogP contribution < -0.4 is 10.5 Å². The maximum absolute atomic E-state index is 13.5. The van der Waals surface area contributed by atoms with Crippen molar-refractivity contribution in [1.29, 1.82) is 0 Å². The molecule has 2 rings (SSSR count). The average Bonchev–Trinajstić information content (AvgIpc) is 2.32. The van der Waals surface area contributed by atoms with E-state index in [1.54, 1.807) is 0 Å². The molecule has 1 amide bonds. The van der Waals surface area contributed by atoms with Gasteiger partial charge in [-0.15, -0.1) is 0 Å². The van der Waals surface area contributed by atoms with Crippen LogP contribution in [0.4, 0.5) is 8.78 Å². The summed E-state index contributed by atoms with van der Waals surface area (Å²) in [6, 6.07) is 4.59. The lowest BCUT2D eigenvalue weighted by Crippen LogP contribution is -2.14. The molecule has 0 atom stereocenters. The van der Waals surface area contributed by atoms with Crippen LogP contribution in [0.15, 0.2) is 30.5 Å². The van der Waals surface area contributed by atoms with Crippen molar-refractivity contribution >= 4 is 17.5 Å². The summed E-state index contributed by atoms with van der Waals surface area (Å²) in [7, 11) is 0. The van der Waals surface area contributed by atoms with Crippen LogP contribution in [0, 0.1) is 11.6 Å². The van der Waals surface area contributed by atoms with Crippen molar-refractivity contribution < 1.29 is 18.3 Å². The molecule has 2 aromatic rings. The molecule has 0 radical (unpaired) electrons. The highest BCUT2D eigenvalue weighted by Crippen LogP contribution is 2.28. The van der Waals surface area contributed by atoms with E-state index in [-0.39, 0.29) is 10.8 Å². The van der Waals surface area contributed by atoms with E-state index < -0.39 is 29.0 Å². The number of halogens is 3. The van der Waals surface area contributed by atoms with E-state index in [2.05, 4.69) is 4.98 Å². The monoisotopic (exact) mass is 284 g/mol. The fourth-order valence-corrected chi connectivity index (χ4v) is 1.55. The lowest BCUT2D eigenvalue weighted by Gasteiger charge is -2.09. The van der Waals surface area contributed by atoms with Crippen molar-refractivity contribution in [2.24, 2.45) is 5.73 Å². The summed E-state index contributed by atoms with van der Waals surface area (Å²) in [5.74, 6) is -3.38. The third-order valence-corrected chi connectivity index (χ3v) is 2.41. The topological polar surface area (TPSA) is 65.2 Å². The van der Waals surface area contributed by atoms with E-state index in [0.29, 0.717) is 0 Å². The van der Waals surface area contributed by atoms with Gasteiger partial charge in [0.15, 0.2) is 5.82 Å². The second-order valence-electron chi connectivity index (χ2n) is 3.52. The van der Waals surface area contributed by atoms with Gasteiger partial charge in [-0.3, -0.25) is 4.79 Å². The number of nitrogens with two attached hydrogens (primary N) is 1. The quantitative estimate of drug-likeness (QED) is 0.942. The molecule has 19 heavy (non-hydrogen) atoms. The summed E-state index contributed by atoms with van der Waals surface area (Å²) < 4.78 is 32.0. The summed E-state index contributed by atoms with van der Waals surface area (Å²) in [6.07, 6.45) is 1.16. The lowest BCUT2D eigenvalue weighted by atomic mass is 10.2. The molecule has 0 unspecified atom stereocenters. The van der Waals surface area contributed by atoms with Crippen LogP contribution in [0.25, 0.3) is 0 Å². The Bertz CT molecular complexity index is 650. The number of aromatic nitrogens is 1. The van der Waals surface area contributed by atoms with Gasteiger partial charge in [0.05, 0.1) is 5.02 Å². The first-order chi connectivity index (χ1) is 8.99. The molecule has 1 aromatic carbocycles. The number of carbonyl (C=O) groups is 1. The molecule has 0 saturated carbocycles. The first kappa shape index (κ1) is 13.2. The highest BCUT2D eigenvalue weighted by Gasteiger charge is 2.17. The molecular formula is C12H7ClF2N2O2. The van der Waals surface area contributed by atoms with Crippen molar-refractivity contribution in [3.8, 4) is 11.6 Å². The minimum atomic E-state index is -1.03. The third kappa shape index (κ3) is 2.79. The number of ether oxygens (including phenoxy) is 1. The number of primary amides is 1. The van der Waals surface area contributed by atoms with E-state index in [1.807, 2.05) is 0 Å². The predicted octanol–water partition coefficient (Wildman–Crippen LogP) is 2.90. The maximum Gasteiger partial charge on any atom is 0.255 e. The van der Waals surface area contributed by atoms with Crippen LogP contribution in [0.2, 0.25) is 5.02 Å². The summed E-state index contributed by atoms with van der Waals surface area (Å²) in [5.41, 5.74) is 4.56. The van der Waals surface area contributed by atoms with Gasteiger partial charge < -0.3 is 10.5 Å². The van der Waals surface area contributed by atoms with E-state index in [1.165, 1.54) is 12.1 Å². The number of hydrogen-bond donors (Lipinski definition) is 1. The number of amides is 1. The number of nitrogens with zero attached hydrogens (tertiary/aromatic N) is 1. The predicted molar refractivity (Wildman–Crippen MR) is 64.2 cm³/mol. The first-order valence-electron chi connectivity index (χ1n) is 5.06. The molecule has 2 N–H and O–H groups in total. The second-order valence-corrected chi connectivity index (χ2v) is 3.96. The Hall–Kier alpha value is -2.21. The lowest BCUT2D eigenvalue weighted by molar-refractivity contribution is 0.0994. The molecule has 0 spiro atoms. The van der Waals surface area contributed by atoms with Crippen molar-refractivity contribution in [3.05, 3.63) is 52.7 Å². The Kier molecular flexibility index (Phi) is 3.62. The fraction of sp³-hybridized carbons (Fsp3) is 0. The van der Waals surface area contributed by atoms with E-state index in [0.717, 1.165) is 18.3 Å². The molecule has 0 bridgehead atoms. The summed E-state index contributed by atoms with van der Waals surface area (Å²) in [5, 5.41) is 0.0826. The minimum absolute atomic E-state index is 0.0826. The van der Waals surface area contributed by atoms with Gasteiger partial charge in [-0.05, 0) is 18.2 Å². The van der Waals surface area contributed by atoms with Crippen LogP contribution in [-0.2, 0) is 0 Å². The van der Waals surface area contributed by atoms with Crippen molar-refractivity contribution in [1.82, 2.24) is 4.98 Å². The first-order valence-corrected chi connectivity index (χ1v) is 5.44. The standard InChI is InChI=1S/C12H7ClF2N2O2/c13-6-4-8(15)12(17-5-6)19-9-3-1-2-7(14)10(9)11(16)18/h1-5H,(H2,16,18). The van der Waals surface area contributed by atoms with Gasteiger partial charge >= 0.3 is 0 Å². The van der Waals surface area contributed by atoms with Crippen LogP contribution in [0.1, 0.15) is 10.4 Å². The highest BCUT2D eigenvalue weighted by molar-refractivity contribution is 6.30. The minimum Gasteiger partial charge on any atom is -0.436 e. The van der Waals surface area contributed by atoms with Crippen LogP contribution in [0.3, 0.4) is 0 Å². The Labute approximate surface area is 111 Å². The Morgan fingerprint density at radius 2 is 2.05 bits per heavy atom. The Balaban J connectivity index is 2.44. The normalized spacial score (nSPS) is 10.3. The van der Waals surface area contributed by atoms with Crippen molar-refractivity contribution in [2.75, 3.05) is 0 Å². The van der Waals surface area contributed by atoms with Gasteiger partial charge in [0.2, 0.25) is 0 Å². The van der Waals surface area contributed by atoms with E-state index in [4.69, 9.17) is 22.1 Å². The van der Waals surface area contributed by atoms with Crippen LogP contribution in [0.5, 0.6) is 11.6 Å². The zero-order valence-corrected chi connectivity index (χ0v) is 10.1. The molecule has 0 aliphatic carbocycles. The molecule has 4 nitrogen and oxygen atoms in total. The number of carbonyl (C=O) groups excluding carboxylic acids is 1. The number of pyridine rings is 1. The summed E-state index contributed by atoms with van der Waals surface area (Å²) in [4.78, 5) is 14.7. The van der Waals surface area contributed by atoms with Gasteiger partial charge in [-0.2, -0.15) is 0 Å². The zero-order chi connectivity index (χ0) is 14.0. The Morgan fingerprint density at radius 1 is 1.32 bits per heavy atom. The zero-order valence-electron chi connectivity index (χ0n) is 9.36. The van der Waals surface area contributed by atoms with Crippen LogP contribution in [-0.4, -0.2) is 10.9 Å². The number of benzene rings is 1. The molecule has 0 fully saturated rings. The molecule has 0 aliphatic rings. The SMILES string of the molecule is NC(=O)c1c(F)cccc1Oc1ncc(Cl)cc1F. The van der Waals surface area contributed by atoms with Crippen molar-refractivity contribution in [3.63, 3.8) is 0 Å². The van der Waals surface area contributed by atoms with Crippen LogP contribution >= 0.6 is 11.6 Å². The molecule has 98 valence electrons.